The first-order valence-electron chi connectivity index (χ1n) is 6.85. The molecule has 1 aliphatic rings. The van der Waals surface area contributed by atoms with Crippen LogP contribution in [0.15, 0.2) is 0 Å². The van der Waals surface area contributed by atoms with Crippen LogP contribution in [0.2, 0.25) is 0 Å². The molecule has 3 nitrogen and oxygen atoms in total. The lowest BCUT2D eigenvalue weighted by molar-refractivity contribution is 0.0805. The van der Waals surface area contributed by atoms with Gasteiger partial charge in [0.15, 0.2) is 0 Å². The van der Waals surface area contributed by atoms with Crippen molar-refractivity contribution < 1.29 is 4.74 Å². The molecule has 1 fully saturated rings. The molecule has 3 atom stereocenters. The highest BCUT2D eigenvalue weighted by Crippen LogP contribution is 2.23. The molecule has 17 heavy (non-hydrogen) atoms. The molecule has 0 radical (unpaired) electrons. The zero-order chi connectivity index (χ0) is 13.1. The summed E-state index contributed by atoms with van der Waals surface area (Å²) in [7, 11) is 4.29. The Labute approximate surface area is 107 Å². The minimum absolute atomic E-state index is 0.327. The SMILES string of the molecule is CNC(CCN(C)C1CCOC1C)C(C)(C)C. The van der Waals surface area contributed by atoms with Gasteiger partial charge in [-0.15, -0.1) is 0 Å². The van der Waals surface area contributed by atoms with E-state index in [1.54, 1.807) is 0 Å². The van der Waals surface area contributed by atoms with Gasteiger partial charge in [-0.1, -0.05) is 20.8 Å². The fourth-order valence-corrected chi connectivity index (χ4v) is 2.81. The Hall–Kier alpha value is -0.120. The quantitative estimate of drug-likeness (QED) is 0.799. The summed E-state index contributed by atoms with van der Waals surface area (Å²) in [6.07, 6.45) is 2.76. The summed E-state index contributed by atoms with van der Waals surface area (Å²) in [4.78, 5) is 2.47. The Morgan fingerprint density at radius 1 is 1.41 bits per heavy atom. The van der Waals surface area contributed by atoms with Crippen molar-refractivity contribution in [1.82, 2.24) is 10.2 Å². The predicted octanol–water partition coefficient (Wildman–Crippen LogP) is 2.12. The molecule has 1 heterocycles. The number of rotatable bonds is 5. The minimum Gasteiger partial charge on any atom is -0.377 e. The Kier molecular flexibility index (Phi) is 5.42. The summed E-state index contributed by atoms with van der Waals surface area (Å²) >= 11 is 0. The van der Waals surface area contributed by atoms with E-state index >= 15 is 0 Å². The lowest BCUT2D eigenvalue weighted by Crippen LogP contribution is -2.43. The predicted molar refractivity (Wildman–Crippen MR) is 73.4 cm³/mol. The van der Waals surface area contributed by atoms with Crippen molar-refractivity contribution in [3.8, 4) is 0 Å². The third kappa shape index (κ3) is 4.23. The molecule has 1 aliphatic heterocycles. The molecule has 102 valence electrons. The summed E-state index contributed by atoms with van der Waals surface area (Å²) in [5, 5.41) is 3.44. The van der Waals surface area contributed by atoms with Crippen LogP contribution >= 0.6 is 0 Å². The summed E-state index contributed by atoms with van der Waals surface area (Å²) in [6, 6.07) is 1.18. The second-order valence-corrected chi connectivity index (χ2v) is 6.41. The Morgan fingerprint density at radius 3 is 2.47 bits per heavy atom. The second-order valence-electron chi connectivity index (χ2n) is 6.41. The highest BCUT2D eigenvalue weighted by Gasteiger charge is 2.29. The highest BCUT2D eigenvalue weighted by molar-refractivity contribution is 4.84. The number of nitrogens with zero attached hydrogens (tertiary/aromatic N) is 1. The number of ether oxygens (including phenoxy) is 1. The van der Waals surface area contributed by atoms with E-state index in [-0.39, 0.29) is 0 Å². The highest BCUT2D eigenvalue weighted by atomic mass is 16.5. The second kappa shape index (κ2) is 6.17. The molecule has 0 amide bonds. The van der Waals surface area contributed by atoms with Crippen LogP contribution in [0.5, 0.6) is 0 Å². The summed E-state index contributed by atoms with van der Waals surface area (Å²) in [5.74, 6) is 0. The van der Waals surface area contributed by atoms with E-state index in [0.29, 0.717) is 23.6 Å². The van der Waals surface area contributed by atoms with Crippen molar-refractivity contribution in [2.45, 2.75) is 58.7 Å². The maximum absolute atomic E-state index is 5.63. The van der Waals surface area contributed by atoms with Gasteiger partial charge in [-0.05, 0) is 45.8 Å². The molecule has 3 heteroatoms. The average Bonchev–Trinajstić information content (AvgIpc) is 2.63. The van der Waals surface area contributed by atoms with E-state index in [0.717, 1.165) is 13.2 Å². The molecule has 0 saturated carbocycles. The first-order valence-corrected chi connectivity index (χ1v) is 6.85. The fourth-order valence-electron chi connectivity index (χ4n) is 2.81. The Balaban J connectivity index is 2.38. The van der Waals surface area contributed by atoms with Crippen LogP contribution < -0.4 is 5.32 Å². The third-order valence-corrected chi connectivity index (χ3v) is 4.07. The molecule has 3 unspecified atom stereocenters. The Morgan fingerprint density at radius 2 is 2.06 bits per heavy atom. The van der Waals surface area contributed by atoms with E-state index < -0.39 is 0 Å². The Bertz CT molecular complexity index is 225. The summed E-state index contributed by atoms with van der Waals surface area (Å²) < 4.78 is 5.63. The van der Waals surface area contributed by atoms with Crippen molar-refractivity contribution in [2.24, 2.45) is 5.41 Å². The van der Waals surface area contributed by atoms with Crippen molar-refractivity contribution in [1.29, 1.82) is 0 Å². The monoisotopic (exact) mass is 242 g/mol. The number of hydrogen-bond donors (Lipinski definition) is 1. The van der Waals surface area contributed by atoms with Gasteiger partial charge < -0.3 is 15.0 Å². The van der Waals surface area contributed by atoms with Gasteiger partial charge in [0.25, 0.3) is 0 Å². The number of nitrogens with one attached hydrogen (secondary N) is 1. The normalized spacial score (nSPS) is 27.7. The topological polar surface area (TPSA) is 24.5 Å². The summed E-state index contributed by atoms with van der Waals surface area (Å²) in [5.41, 5.74) is 0.327. The molecule has 0 aromatic rings. The van der Waals surface area contributed by atoms with Crippen molar-refractivity contribution >= 4 is 0 Å². The molecule has 0 aromatic heterocycles. The maximum Gasteiger partial charge on any atom is 0.0702 e. The van der Waals surface area contributed by atoms with Crippen molar-refractivity contribution in [3.63, 3.8) is 0 Å². The van der Waals surface area contributed by atoms with Gasteiger partial charge in [0.2, 0.25) is 0 Å². The van der Waals surface area contributed by atoms with E-state index in [2.05, 4.69) is 52.0 Å². The lowest BCUT2D eigenvalue weighted by atomic mass is 9.84. The molecular weight excluding hydrogens is 212 g/mol. The van der Waals surface area contributed by atoms with Gasteiger partial charge >= 0.3 is 0 Å². The largest absolute Gasteiger partial charge is 0.377 e. The van der Waals surface area contributed by atoms with Gasteiger partial charge in [0.1, 0.15) is 0 Å². The molecule has 1 N–H and O–H groups in total. The minimum atomic E-state index is 0.327. The van der Waals surface area contributed by atoms with Gasteiger partial charge in [-0.25, -0.2) is 0 Å². The summed E-state index contributed by atoms with van der Waals surface area (Å²) in [6.45, 7) is 11.2. The zero-order valence-corrected chi connectivity index (χ0v) is 12.4. The van der Waals surface area contributed by atoms with Crippen LogP contribution in [-0.2, 0) is 4.74 Å². The molecule has 0 aromatic carbocycles. The smallest absolute Gasteiger partial charge is 0.0702 e. The van der Waals surface area contributed by atoms with E-state index in [1.165, 1.54) is 12.8 Å². The standard InChI is InChI=1S/C14H30N2O/c1-11-12(8-10-17-11)16(6)9-7-13(15-5)14(2,3)4/h11-13,15H,7-10H2,1-6H3. The number of hydrogen-bond acceptors (Lipinski definition) is 3. The van der Waals surface area contributed by atoms with Gasteiger partial charge in [-0.2, -0.15) is 0 Å². The van der Waals surface area contributed by atoms with E-state index in [4.69, 9.17) is 4.74 Å². The van der Waals surface area contributed by atoms with Crippen LogP contribution in [0.25, 0.3) is 0 Å². The molecule has 0 aliphatic carbocycles. The van der Waals surface area contributed by atoms with Crippen LogP contribution in [0.1, 0.15) is 40.5 Å². The van der Waals surface area contributed by atoms with Gasteiger partial charge in [0, 0.05) is 18.7 Å². The van der Waals surface area contributed by atoms with E-state index in [9.17, 15) is 0 Å². The molecule has 0 bridgehead atoms. The average molecular weight is 242 g/mol. The molecule has 1 rings (SSSR count). The van der Waals surface area contributed by atoms with Crippen LogP contribution in [0.3, 0.4) is 0 Å². The van der Waals surface area contributed by atoms with E-state index in [1.807, 2.05) is 0 Å². The van der Waals surface area contributed by atoms with Crippen LogP contribution in [0.4, 0.5) is 0 Å². The van der Waals surface area contributed by atoms with Crippen molar-refractivity contribution in [3.05, 3.63) is 0 Å². The first kappa shape index (κ1) is 14.9. The van der Waals surface area contributed by atoms with Crippen molar-refractivity contribution in [2.75, 3.05) is 27.2 Å². The molecule has 1 saturated heterocycles. The van der Waals surface area contributed by atoms with Gasteiger partial charge in [-0.3, -0.25) is 0 Å². The van der Waals surface area contributed by atoms with Gasteiger partial charge in [0.05, 0.1) is 6.10 Å². The first-order chi connectivity index (χ1) is 7.86. The molecular formula is C14H30N2O. The third-order valence-electron chi connectivity index (χ3n) is 4.07. The zero-order valence-electron chi connectivity index (χ0n) is 12.4. The lowest BCUT2D eigenvalue weighted by Gasteiger charge is -2.33. The number of likely N-dealkylation sites (N-methyl/N-ethyl adjacent to an activating group) is 1. The van der Waals surface area contributed by atoms with Crippen LogP contribution in [-0.4, -0.2) is 50.3 Å². The molecule has 0 spiro atoms. The fraction of sp³-hybridized carbons (Fsp3) is 1.00. The van der Waals surface area contributed by atoms with Crippen LogP contribution in [0, 0.1) is 5.41 Å². The maximum atomic E-state index is 5.63.